The van der Waals surface area contributed by atoms with Crippen LogP contribution < -0.4 is 0 Å². The first kappa shape index (κ1) is 14.3. The second-order valence-electron chi connectivity index (χ2n) is 5.69. The lowest BCUT2D eigenvalue weighted by atomic mass is 9.82. The number of carbonyl (C=O) groups excluding carboxylic acids is 1. The zero-order chi connectivity index (χ0) is 13.9. The van der Waals surface area contributed by atoms with Gasteiger partial charge in [0, 0.05) is 16.7 Å². The lowest BCUT2D eigenvalue weighted by Gasteiger charge is -2.27. The van der Waals surface area contributed by atoms with Crippen molar-refractivity contribution in [2.75, 3.05) is 0 Å². The number of nitrogens with zero attached hydrogens (tertiary/aromatic N) is 1. The van der Waals surface area contributed by atoms with Crippen LogP contribution in [-0.2, 0) is 4.79 Å². The van der Waals surface area contributed by atoms with Gasteiger partial charge in [0.1, 0.15) is 11.8 Å². The Morgan fingerprint density at radius 3 is 2.74 bits per heavy atom. The van der Waals surface area contributed by atoms with Crippen molar-refractivity contribution in [2.24, 2.45) is 4.99 Å². The van der Waals surface area contributed by atoms with Gasteiger partial charge in [-0.1, -0.05) is 36.2 Å². The predicted molar refractivity (Wildman–Crippen MR) is 80.2 cm³/mol. The molecule has 0 N–H and O–H groups in total. The normalized spacial score (nSPS) is 22.5. The summed E-state index contributed by atoms with van der Waals surface area (Å²) in [5, 5.41) is 0.797. The molecule has 0 saturated heterocycles. The van der Waals surface area contributed by atoms with Crippen molar-refractivity contribution in [3.05, 3.63) is 34.9 Å². The van der Waals surface area contributed by atoms with Gasteiger partial charge in [-0.2, -0.15) is 0 Å². The van der Waals surface area contributed by atoms with E-state index in [9.17, 15) is 4.79 Å². The van der Waals surface area contributed by atoms with Gasteiger partial charge < -0.3 is 4.79 Å². The first-order valence-corrected chi connectivity index (χ1v) is 7.21. The van der Waals surface area contributed by atoms with Gasteiger partial charge in [0.15, 0.2) is 0 Å². The zero-order valence-corrected chi connectivity index (χ0v) is 12.3. The van der Waals surface area contributed by atoms with E-state index in [0.29, 0.717) is 0 Å². The van der Waals surface area contributed by atoms with Gasteiger partial charge in [0.25, 0.3) is 0 Å². The highest BCUT2D eigenvalue weighted by molar-refractivity contribution is 6.31. The number of benzene rings is 1. The maximum Gasteiger partial charge on any atom is 0.146 e. The van der Waals surface area contributed by atoms with Crippen LogP contribution in [0.15, 0.2) is 29.3 Å². The minimum atomic E-state index is -0.633. The molecule has 1 fully saturated rings. The van der Waals surface area contributed by atoms with E-state index in [-0.39, 0.29) is 5.92 Å². The van der Waals surface area contributed by atoms with Crippen molar-refractivity contribution in [3.63, 3.8) is 0 Å². The van der Waals surface area contributed by atoms with Crippen molar-refractivity contribution >= 4 is 23.6 Å². The molecule has 1 saturated carbocycles. The molecule has 1 unspecified atom stereocenters. The number of aldehydes is 1. The summed E-state index contributed by atoms with van der Waals surface area (Å²) in [6.45, 7) is 3.70. The molecule has 2 nitrogen and oxygen atoms in total. The smallest absolute Gasteiger partial charge is 0.146 e. The molecule has 1 aliphatic carbocycles. The number of rotatable bonds is 3. The molecule has 1 aromatic carbocycles. The molecule has 102 valence electrons. The van der Waals surface area contributed by atoms with Crippen LogP contribution >= 0.6 is 11.6 Å². The van der Waals surface area contributed by atoms with Crippen LogP contribution in [0.25, 0.3) is 0 Å². The van der Waals surface area contributed by atoms with E-state index in [0.717, 1.165) is 41.8 Å². The molecule has 0 radical (unpaired) electrons. The SMILES string of the molecule is CC(C)(C=O)N=C1CCCCC1c1ccccc1Cl. The fourth-order valence-corrected chi connectivity index (χ4v) is 2.89. The topological polar surface area (TPSA) is 29.4 Å². The third-order valence-corrected chi connectivity index (χ3v) is 3.92. The van der Waals surface area contributed by atoms with Crippen LogP contribution in [0.2, 0.25) is 5.02 Å². The maximum absolute atomic E-state index is 11.1. The zero-order valence-electron chi connectivity index (χ0n) is 11.5. The fourth-order valence-electron chi connectivity index (χ4n) is 2.62. The fraction of sp³-hybridized carbons (Fsp3) is 0.500. The molecule has 0 bridgehead atoms. The Bertz CT molecular complexity index is 493. The van der Waals surface area contributed by atoms with E-state index < -0.39 is 5.54 Å². The van der Waals surface area contributed by atoms with E-state index >= 15 is 0 Å². The number of halogens is 1. The predicted octanol–water partition coefficient (Wildman–Crippen LogP) is 4.42. The molecule has 1 aliphatic rings. The molecule has 0 spiro atoms. The van der Waals surface area contributed by atoms with Crippen LogP contribution in [0.4, 0.5) is 0 Å². The second kappa shape index (κ2) is 5.87. The van der Waals surface area contributed by atoms with Gasteiger partial charge in [-0.25, -0.2) is 0 Å². The standard InChI is InChI=1S/C16H20ClNO/c1-16(2,11-19)18-15-10-6-4-8-13(15)12-7-3-5-9-14(12)17/h3,5,7,9,11,13H,4,6,8,10H2,1-2H3. The molecule has 0 heterocycles. The molecule has 2 rings (SSSR count). The summed E-state index contributed by atoms with van der Waals surface area (Å²) >= 11 is 6.30. The lowest BCUT2D eigenvalue weighted by Crippen LogP contribution is -2.26. The highest BCUT2D eigenvalue weighted by atomic mass is 35.5. The third kappa shape index (κ3) is 3.44. The average Bonchev–Trinajstić information content (AvgIpc) is 2.40. The van der Waals surface area contributed by atoms with Crippen molar-refractivity contribution in [3.8, 4) is 0 Å². The van der Waals surface area contributed by atoms with Crippen molar-refractivity contribution in [2.45, 2.75) is 51.0 Å². The van der Waals surface area contributed by atoms with Crippen molar-refractivity contribution in [1.82, 2.24) is 0 Å². The van der Waals surface area contributed by atoms with E-state index in [4.69, 9.17) is 11.6 Å². The summed E-state index contributed by atoms with van der Waals surface area (Å²) in [7, 11) is 0. The maximum atomic E-state index is 11.1. The number of hydrogen-bond acceptors (Lipinski definition) is 2. The molecule has 0 aromatic heterocycles. The van der Waals surface area contributed by atoms with Gasteiger partial charge in [-0.3, -0.25) is 4.99 Å². The molecule has 1 aromatic rings. The highest BCUT2D eigenvalue weighted by Crippen LogP contribution is 2.35. The van der Waals surface area contributed by atoms with E-state index in [2.05, 4.69) is 11.1 Å². The summed E-state index contributed by atoms with van der Waals surface area (Å²) in [6.07, 6.45) is 5.29. The minimum Gasteiger partial charge on any atom is -0.301 e. The van der Waals surface area contributed by atoms with Crippen LogP contribution in [0.3, 0.4) is 0 Å². The number of hydrogen-bond donors (Lipinski definition) is 0. The Hall–Kier alpha value is -1.15. The van der Waals surface area contributed by atoms with Crippen molar-refractivity contribution in [1.29, 1.82) is 0 Å². The van der Waals surface area contributed by atoms with Crippen LogP contribution in [-0.4, -0.2) is 17.5 Å². The summed E-state index contributed by atoms with van der Waals surface area (Å²) in [4.78, 5) is 15.8. The van der Waals surface area contributed by atoms with Crippen molar-refractivity contribution < 1.29 is 4.79 Å². The Labute approximate surface area is 119 Å². The quantitative estimate of drug-likeness (QED) is 0.752. The van der Waals surface area contributed by atoms with Crippen LogP contribution in [0.5, 0.6) is 0 Å². The van der Waals surface area contributed by atoms with Crippen LogP contribution in [0, 0.1) is 0 Å². The molecule has 0 aliphatic heterocycles. The molecule has 0 amide bonds. The Morgan fingerprint density at radius 2 is 2.05 bits per heavy atom. The average molecular weight is 278 g/mol. The largest absolute Gasteiger partial charge is 0.301 e. The second-order valence-corrected chi connectivity index (χ2v) is 6.10. The van der Waals surface area contributed by atoms with E-state index in [1.165, 1.54) is 6.42 Å². The Morgan fingerprint density at radius 1 is 1.32 bits per heavy atom. The first-order chi connectivity index (χ1) is 9.03. The minimum absolute atomic E-state index is 0.265. The van der Waals surface area contributed by atoms with Gasteiger partial charge in [0.2, 0.25) is 0 Å². The number of aliphatic imine (C=N–C) groups is 1. The molecule has 3 heteroatoms. The van der Waals surface area contributed by atoms with Gasteiger partial charge >= 0.3 is 0 Å². The monoisotopic (exact) mass is 277 g/mol. The summed E-state index contributed by atoms with van der Waals surface area (Å²) in [6, 6.07) is 7.95. The first-order valence-electron chi connectivity index (χ1n) is 6.83. The summed E-state index contributed by atoms with van der Waals surface area (Å²) in [5.41, 5.74) is 1.63. The lowest BCUT2D eigenvalue weighted by molar-refractivity contribution is -0.111. The molecular weight excluding hydrogens is 258 g/mol. The van der Waals surface area contributed by atoms with Gasteiger partial charge in [-0.05, 0) is 44.7 Å². The molecule has 1 atom stereocenters. The van der Waals surface area contributed by atoms with Gasteiger partial charge in [0.05, 0.1) is 0 Å². The third-order valence-electron chi connectivity index (χ3n) is 3.58. The van der Waals surface area contributed by atoms with Crippen LogP contribution in [0.1, 0.15) is 51.0 Å². The van der Waals surface area contributed by atoms with E-state index in [1.807, 2.05) is 32.0 Å². The molecule has 19 heavy (non-hydrogen) atoms. The highest BCUT2D eigenvalue weighted by Gasteiger charge is 2.26. The number of carbonyl (C=O) groups is 1. The summed E-state index contributed by atoms with van der Waals surface area (Å²) < 4.78 is 0. The van der Waals surface area contributed by atoms with Gasteiger partial charge in [-0.15, -0.1) is 0 Å². The Kier molecular flexibility index (Phi) is 4.41. The molecular formula is C16H20ClNO. The van der Waals surface area contributed by atoms with E-state index in [1.54, 1.807) is 0 Å². The Balaban J connectivity index is 2.37. The summed E-state index contributed by atoms with van der Waals surface area (Å²) in [5.74, 6) is 0.265.